The van der Waals surface area contributed by atoms with Gasteiger partial charge in [-0.1, -0.05) is 48.5 Å². The molecule has 4 heteroatoms. The highest BCUT2D eigenvalue weighted by molar-refractivity contribution is 5.76. The monoisotopic (exact) mass is 347 g/mol. The van der Waals surface area contributed by atoms with E-state index in [-0.39, 0.29) is 11.7 Å². The van der Waals surface area contributed by atoms with Crippen LogP contribution in [0.4, 0.5) is 0 Å². The molecule has 1 amide bonds. The second-order valence-electron chi connectivity index (χ2n) is 5.96. The topological polar surface area (TPSA) is 58.6 Å². The fourth-order valence-corrected chi connectivity index (χ4v) is 2.56. The number of ether oxygens (including phenoxy) is 1. The molecule has 0 atom stereocenters. The lowest BCUT2D eigenvalue weighted by atomic mass is 10.1. The minimum absolute atomic E-state index is 0.0436. The van der Waals surface area contributed by atoms with E-state index in [1.54, 1.807) is 12.1 Å². The number of phenols is 1. The lowest BCUT2D eigenvalue weighted by molar-refractivity contribution is -0.121. The number of carbonyl (C=O) groups is 1. The second kappa shape index (κ2) is 8.72. The minimum atomic E-state index is -0.0436. The molecular weight excluding hydrogens is 326 g/mol. The van der Waals surface area contributed by atoms with Crippen molar-refractivity contribution in [3.8, 4) is 17.2 Å². The van der Waals surface area contributed by atoms with Crippen molar-refractivity contribution >= 4 is 5.91 Å². The molecular formula is C22H21NO3. The van der Waals surface area contributed by atoms with Crippen LogP contribution in [0.25, 0.3) is 0 Å². The number of rotatable bonds is 7. The summed E-state index contributed by atoms with van der Waals surface area (Å²) in [6.45, 7) is 0.464. The fourth-order valence-electron chi connectivity index (χ4n) is 2.56. The molecule has 3 aromatic carbocycles. The zero-order chi connectivity index (χ0) is 18.2. The molecule has 26 heavy (non-hydrogen) atoms. The van der Waals surface area contributed by atoms with Gasteiger partial charge in [0.05, 0.1) is 0 Å². The van der Waals surface area contributed by atoms with Crippen LogP contribution < -0.4 is 10.1 Å². The fraction of sp³-hybridized carbons (Fsp3) is 0.136. The third kappa shape index (κ3) is 5.11. The Bertz CT molecular complexity index is 845. The van der Waals surface area contributed by atoms with Gasteiger partial charge in [0.2, 0.25) is 5.91 Å². The molecule has 0 aliphatic carbocycles. The van der Waals surface area contributed by atoms with Crippen LogP contribution in [0.5, 0.6) is 17.2 Å². The van der Waals surface area contributed by atoms with E-state index < -0.39 is 0 Å². The summed E-state index contributed by atoms with van der Waals surface area (Å²) in [5, 5.41) is 12.6. The summed E-state index contributed by atoms with van der Waals surface area (Å²) >= 11 is 0. The van der Waals surface area contributed by atoms with Gasteiger partial charge in [0, 0.05) is 13.0 Å². The smallest absolute Gasteiger partial charge is 0.220 e. The summed E-state index contributed by atoms with van der Waals surface area (Å²) in [6.07, 6.45) is 0.856. The Morgan fingerprint density at radius 2 is 1.50 bits per heavy atom. The van der Waals surface area contributed by atoms with Crippen LogP contribution in [0.2, 0.25) is 0 Å². The average Bonchev–Trinajstić information content (AvgIpc) is 2.68. The molecule has 4 nitrogen and oxygen atoms in total. The third-order valence-corrected chi connectivity index (χ3v) is 4.00. The second-order valence-corrected chi connectivity index (χ2v) is 5.96. The molecule has 2 N–H and O–H groups in total. The molecule has 3 rings (SSSR count). The van der Waals surface area contributed by atoms with Gasteiger partial charge in [-0.25, -0.2) is 0 Å². The molecule has 0 heterocycles. The normalized spacial score (nSPS) is 10.3. The maximum absolute atomic E-state index is 12.0. The Labute approximate surface area is 153 Å². The van der Waals surface area contributed by atoms with Crippen molar-refractivity contribution in [1.82, 2.24) is 5.32 Å². The molecule has 0 saturated carbocycles. The van der Waals surface area contributed by atoms with E-state index in [4.69, 9.17) is 4.74 Å². The molecule has 0 fully saturated rings. The molecule has 0 radical (unpaired) electrons. The molecule has 0 saturated heterocycles. The number of hydrogen-bond donors (Lipinski definition) is 2. The number of hydrogen-bond acceptors (Lipinski definition) is 3. The Morgan fingerprint density at radius 1 is 0.846 bits per heavy atom. The van der Waals surface area contributed by atoms with Gasteiger partial charge in [-0.05, 0) is 47.9 Å². The summed E-state index contributed by atoms with van der Waals surface area (Å²) in [5.41, 5.74) is 1.78. The molecule has 0 bridgehead atoms. The van der Waals surface area contributed by atoms with Crippen LogP contribution >= 0.6 is 0 Å². The van der Waals surface area contributed by atoms with E-state index in [1.807, 2.05) is 66.7 Å². The summed E-state index contributed by atoms with van der Waals surface area (Å²) in [6, 6.07) is 24.3. The number of benzene rings is 3. The van der Waals surface area contributed by atoms with Gasteiger partial charge >= 0.3 is 0 Å². The van der Waals surface area contributed by atoms with Gasteiger partial charge in [-0.3, -0.25) is 4.79 Å². The van der Waals surface area contributed by atoms with Crippen LogP contribution in [-0.2, 0) is 17.8 Å². The van der Waals surface area contributed by atoms with E-state index in [2.05, 4.69) is 5.32 Å². The van der Waals surface area contributed by atoms with Gasteiger partial charge in [0.25, 0.3) is 0 Å². The van der Waals surface area contributed by atoms with Crippen LogP contribution in [-0.4, -0.2) is 11.0 Å². The van der Waals surface area contributed by atoms with Gasteiger partial charge < -0.3 is 15.2 Å². The number of nitrogens with one attached hydrogen (secondary N) is 1. The Hall–Kier alpha value is -3.27. The zero-order valence-electron chi connectivity index (χ0n) is 14.4. The molecule has 132 valence electrons. The average molecular weight is 347 g/mol. The number of para-hydroxylation sites is 2. The van der Waals surface area contributed by atoms with Crippen LogP contribution in [0, 0.1) is 0 Å². The highest BCUT2D eigenvalue weighted by atomic mass is 16.5. The highest BCUT2D eigenvalue weighted by Gasteiger charge is 2.05. The first-order valence-electron chi connectivity index (χ1n) is 8.56. The minimum Gasteiger partial charge on any atom is -0.508 e. The predicted molar refractivity (Wildman–Crippen MR) is 101 cm³/mol. The van der Waals surface area contributed by atoms with Crippen molar-refractivity contribution in [2.24, 2.45) is 0 Å². The molecule has 0 aliphatic rings. The number of phenolic OH excluding ortho intramolecular Hbond substituents is 1. The predicted octanol–water partition coefficient (Wildman–Crippen LogP) is 4.43. The Kier molecular flexibility index (Phi) is 5.88. The van der Waals surface area contributed by atoms with Gasteiger partial charge in [-0.15, -0.1) is 0 Å². The maximum Gasteiger partial charge on any atom is 0.220 e. The number of amides is 1. The first-order chi connectivity index (χ1) is 12.7. The quantitative estimate of drug-likeness (QED) is 0.664. The summed E-state index contributed by atoms with van der Waals surface area (Å²) in [4.78, 5) is 12.0. The Balaban J connectivity index is 1.45. The van der Waals surface area contributed by atoms with E-state index >= 15 is 0 Å². The number of aryl methyl sites for hydroxylation is 1. The van der Waals surface area contributed by atoms with Crippen LogP contribution in [0.1, 0.15) is 17.5 Å². The number of carbonyl (C=O) groups excluding carboxylic acids is 1. The Morgan fingerprint density at radius 3 is 2.23 bits per heavy atom. The maximum atomic E-state index is 12.0. The SMILES string of the molecule is O=C(CCc1ccccc1O)NCc1ccc(Oc2ccccc2)cc1. The van der Waals surface area contributed by atoms with Crippen molar-refractivity contribution < 1.29 is 14.6 Å². The molecule has 0 aromatic heterocycles. The van der Waals surface area contributed by atoms with Crippen molar-refractivity contribution in [1.29, 1.82) is 0 Å². The molecule has 3 aromatic rings. The van der Waals surface area contributed by atoms with Crippen molar-refractivity contribution in [3.63, 3.8) is 0 Å². The summed E-state index contributed by atoms with van der Waals surface area (Å²) < 4.78 is 5.75. The van der Waals surface area contributed by atoms with Gasteiger partial charge in [0.15, 0.2) is 0 Å². The molecule has 0 spiro atoms. The molecule has 0 unspecified atom stereocenters. The summed E-state index contributed by atoms with van der Waals surface area (Å²) in [7, 11) is 0. The third-order valence-electron chi connectivity index (χ3n) is 4.00. The van der Waals surface area contributed by atoms with Crippen LogP contribution in [0.3, 0.4) is 0 Å². The van der Waals surface area contributed by atoms with E-state index in [0.717, 1.165) is 22.6 Å². The molecule has 0 aliphatic heterocycles. The lowest BCUT2D eigenvalue weighted by Gasteiger charge is -2.08. The standard InChI is InChI=1S/C22H21NO3/c24-21-9-5-4-6-18(21)12-15-22(25)23-16-17-10-13-20(14-11-17)26-19-7-2-1-3-8-19/h1-11,13-14,24H,12,15-16H2,(H,23,25). The van der Waals surface area contributed by atoms with Crippen molar-refractivity contribution in [3.05, 3.63) is 90.0 Å². The number of aromatic hydroxyl groups is 1. The first kappa shape index (κ1) is 17.5. The van der Waals surface area contributed by atoms with Crippen molar-refractivity contribution in [2.45, 2.75) is 19.4 Å². The van der Waals surface area contributed by atoms with Gasteiger partial charge in [0.1, 0.15) is 17.2 Å². The lowest BCUT2D eigenvalue weighted by Crippen LogP contribution is -2.22. The van der Waals surface area contributed by atoms with E-state index in [1.165, 1.54) is 0 Å². The zero-order valence-corrected chi connectivity index (χ0v) is 14.4. The van der Waals surface area contributed by atoms with Gasteiger partial charge in [-0.2, -0.15) is 0 Å². The van der Waals surface area contributed by atoms with E-state index in [9.17, 15) is 9.90 Å². The van der Waals surface area contributed by atoms with Crippen LogP contribution in [0.15, 0.2) is 78.9 Å². The largest absolute Gasteiger partial charge is 0.508 e. The highest BCUT2D eigenvalue weighted by Crippen LogP contribution is 2.21. The first-order valence-corrected chi connectivity index (χ1v) is 8.56. The summed E-state index contributed by atoms with van der Waals surface area (Å²) in [5.74, 6) is 1.73. The van der Waals surface area contributed by atoms with E-state index in [0.29, 0.717) is 19.4 Å². The van der Waals surface area contributed by atoms with Crippen molar-refractivity contribution in [2.75, 3.05) is 0 Å².